The number of carboxylic acid groups (broad SMARTS) is 1. The number of rotatable bonds is 16. The fourth-order valence-corrected chi connectivity index (χ4v) is 6.06. The second-order valence-electron chi connectivity index (χ2n) is 11.7. The number of phosphoric acid groups is 1. The highest BCUT2D eigenvalue weighted by molar-refractivity contribution is 7.46. The molecule has 7 N–H and O–H groups in total. The third-order valence-corrected chi connectivity index (χ3v) is 8.53. The van der Waals surface area contributed by atoms with Crippen molar-refractivity contribution < 1.29 is 43.2 Å². The molecule has 0 fully saturated rings. The molecule has 48 heavy (non-hydrogen) atoms. The molecule has 1 aliphatic rings. The summed E-state index contributed by atoms with van der Waals surface area (Å²) in [5, 5.41) is 15.4. The third kappa shape index (κ3) is 10.7. The number of amides is 3. The smallest absolute Gasteiger partial charge is 0.480 e. The van der Waals surface area contributed by atoms with E-state index in [1.807, 2.05) is 54.6 Å². The normalized spacial score (nSPS) is 15.5. The zero-order valence-electron chi connectivity index (χ0n) is 26.4. The fourth-order valence-electron chi connectivity index (χ4n) is 5.66. The molecule has 13 nitrogen and oxygen atoms in total. The summed E-state index contributed by atoms with van der Waals surface area (Å²) < 4.78 is 15.6. The number of carboxylic acids is 1. The molecule has 256 valence electrons. The van der Waals surface area contributed by atoms with Crippen molar-refractivity contribution in [3.8, 4) is 5.75 Å². The molecule has 4 rings (SSSR count). The van der Waals surface area contributed by atoms with Gasteiger partial charge in [-0.05, 0) is 66.6 Å². The van der Waals surface area contributed by atoms with Crippen molar-refractivity contribution in [1.82, 2.24) is 15.5 Å². The van der Waals surface area contributed by atoms with E-state index in [2.05, 4.69) is 15.2 Å². The number of aliphatic carboxylic acids is 1. The monoisotopic (exact) mass is 680 g/mol. The first-order chi connectivity index (χ1) is 22.9. The first kappa shape index (κ1) is 36.3. The van der Waals surface area contributed by atoms with Crippen LogP contribution in [0.25, 0.3) is 0 Å². The number of carbonyl (C=O) groups is 4. The van der Waals surface area contributed by atoms with Gasteiger partial charge in [-0.1, -0.05) is 66.7 Å². The van der Waals surface area contributed by atoms with Crippen LogP contribution >= 0.6 is 7.82 Å². The molecule has 3 atom stereocenters. The first-order valence-electron chi connectivity index (χ1n) is 15.7. The summed E-state index contributed by atoms with van der Waals surface area (Å²) in [6, 6.07) is 19.2. The van der Waals surface area contributed by atoms with E-state index in [4.69, 9.17) is 15.5 Å². The molecular weight excluding hydrogens is 639 g/mol. The van der Waals surface area contributed by atoms with Gasteiger partial charge in [0, 0.05) is 25.8 Å². The highest BCUT2D eigenvalue weighted by atomic mass is 31.2. The number of aryl methyl sites for hydroxylation is 1. The van der Waals surface area contributed by atoms with E-state index in [-0.39, 0.29) is 43.9 Å². The molecule has 3 amide bonds. The van der Waals surface area contributed by atoms with Gasteiger partial charge < -0.3 is 30.9 Å². The van der Waals surface area contributed by atoms with Crippen LogP contribution in [-0.4, -0.2) is 68.2 Å². The van der Waals surface area contributed by atoms with E-state index in [0.717, 1.165) is 16.7 Å². The van der Waals surface area contributed by atoms with Gasteiger partial charge in [-0.2, -0.15) is 0 Å². The van der Waals surface area contributed by atoms with E-state index < -0.39 is 43.7 Å². The minimum Gasteiger partial charge on any atom is -0.480 e. The van der Waals surface area contributed by atoms with Gasteiger partial charge in [0.2, 0.25) is 17.7 Å². The van der Waals surface area contributed by atoms with E-state index in [9.17, 15) is 28.8 Å². The van der Waals surface area contributed by atoms with Crippen LogP contribution in [0.15, 0.2) is 78.9 Å². The molecule has 3 aromatic carbocycles. The van der Waals surface area contributed by atoms with Crippen molar-refractivity contribution in [3.63, 3.8) is 0 Å². The average molecular weight is 681 g/mol. The Bertz CT molecular complexity index is 1610. The minimum absolute atomic E-state index is 0.0921. The van der Waals surface area contributed by atoms with Crippen LogP contribution in [0.1, 0.15) is 47.9 Å². The van der Waals surface area contributed by atoms with E-state index in [1.54, 1.807) is 0 Å². The van der Waals surface area contributed by atoms with Crippen molar-refractivity contribution in [1.29, 1.82) is 0 Å². The van der Waals surface area contributed by atoms with E-state index in [0.29, 0.717) is 31.4 Å². The zero-order valence-corrected chi connectivity index (χ0v) is 27.3. The number of phosphoric ester groups is 1. The molecule has 1 heterocycles. The molecular formula is C34H41N4O9P. The number of nitrogens with zero attached hydrogens (tertiary/aromatic N) is 1. The molecule has 0 saturated heterocycles. The van der Waals surface area contributed by atoms with E-state index >= 15 is 0 Å². The molecule has 0 bridgehead atoms. The molecule has 1 aliphatic heterocycles. The van der Waals surface area contributed by atoms with Crippen molar-refractivity contribution >= 4 is 31.5 Å². The van der Waals surface area contributed by atoms with Crippen LogP contribution in [0.5, 0.6) is 5.75 Å². The van der Waals surface area contributed by atoms with Crippen LogP contribution in [0.3, 0.4) is 0 Å². The Kier molecular flexibility index (Phi) is 12.9. The SMILES string of the molecule is NCCC[C@H](NC(=O)CCCc1ccccc1)C(=O)N1Cc2ccccc2C[C@H]1C(=O)N[C@@H](Cc1ccc(OP(=O)(O)O)cc1)C(=O)O. The third-order valence-electron chi connectivity index (χ3n) is 8.08. The maximum Gasteiger partial charge on any atom is 0.524 e. The number of hydrogen-bond donors (Lipinski definition) is 6. The number of nitrogens with one attached hydrogen (secondary N) is 2. The van der Waals surface area contributed by atoms with Gasteiger partial charge in [0.25, 0.3) is 0 Å². The molecule has 0 unspecified atom stereocenters. The lowest BCUT2D eigenvalue weighted by Crippen LogP contribution is -2.59. The second kappa shape index (κ2) is 17.0. The summed E-state index contributed by atoms with van der Waals surface area (Å²) in [5.74, 6) is -2.83. The Balaban J connectivity index is 1.49. The van der Waals surface area contributed by atoms with Crippen LogP contribution in [0.2, 0.25) is 0 Å². The minimum atomic E-state index is -4.77. The van der Waals surface area contributed by atoms with Gasteiger partial charge in [-0.15, -0.1) is 0 Å². The van der Waals surface area contributed by atoms with Gasteiger partial charge in [0.1, 0.15) is 23.9 Å². The van der Waals surface area contributed by atoms with Crippen molar-refractivity contribution in [2.45, 2.75) is 69.6 Å². The quantitative estimate of drug-likeness (QED) is 0.122. The number of carbonyl (C=O) groups excluding carboxylic acids is 3. The topological polar surface area (TPSA) is 209 Å². The maximum absolute atomic E-state index is 14.1. The van der Waals surface area contributed by atoms with Crippen LogP contribution in [0, 0.1) is 0 Å². The number of fused-ring (bicyclic) bond motifs is 1. The average Bonchev–Trinajstić information content (AvgIpc) is 3.06. The van der Waals surface area contributed by atoms with Crippen LogP contribution in [0.4, 0.5) is 0 Å². The summed E-state index contributed by atoms with van der Waals surface area (Å²) in [7, 11) is -4.77. The number of benzene rings is 3. The Morgan fingerprint density at radius 3 is 2.19 bits per heavy atom. The molecule has 0 aromatic heterocycles. The second-order valence-corrected chi connectivity index (χ2v) is 12.8. The number of hydrogen-bond acceptors (Lipinski definition) is 7. The van der Waals surface area contributed by atoms with Crippen molar-refractivity contribution in [3.05, 3.63) is 101 Å². The van der Waals surface area contributed by atoms with E-state index in [1.165, 1.54) is 29.2 Å². The van der Waals surface area contributed by atoms with Crippen molar-refractivity contribution in [2.24, 2.45) is 5.73 Å². The highest BCUT2D eigenvalue weighted by Gasteiger charge is 2.39. The first-order valence-corrected chi connectivity index (χ1v) is 17.2. The predicted molar refractivity (Wildman–Crippen MR) is 176 cm³/mol. The van der Waals surface area contributed by atoms with Gasteiger partial charge >= 0.3 is 13.8 Å². The van der Waals surface area contributed by atoms with Gasteiger partial charge in [0.05, 0.1) is 0 Å². The maximum atomic E-state index is 14.1. The molecule has 0 aliphatic carbocycles. The lowest BCUT2D eigenvalue weighted by Gasteiger charge is -2.38. The van der Waals surface area contributed by atoms with Gasteiger partial charge in [-0.25, -0.2) is 9.36 Å². The van der Waals surface area contributed by atoms with Crippen LogP contribution < -0.4 is 20.9 Å². The molecule has 0 spiro atoms. The predicted octanol–water partition coefficient (Wildman–Crippen LogP) is 2.47. The summed E-state index contributed by atoms with van der Waals surface area (Å²) in [6.07, 6.45) is 2.23. The fraction of sp³-hybridized carbons (Fsp3) is 0.353. The molecule has 14 heteroatoms. The molecule has 0 saturated carbocycles. The summed E-state index contributed by atoms with van der Waals surface area (Å²) in [4.78, 5) is 72.5. The lowest BCUT2D eigenvalue weighted by molar-refractivity contribution is -0.147. The lowest BCUT2D eigenvalue weighted by atomic mass is 9.92. The largest absolute Gasteiger partial charge is 0.524 e. The Morgan fingerprint density at radius 1 is 0.875 bits per heavy atom. The zero-order chi connectivity index (χ0) is 34.7. The van der Waals surface area contributed by atoms with Gasteiger partial charge in [-0.3, -0.25) is 24.2 Å². The highest BCUT2D eigenvalue weighted by Crippen LogP contribution is 2.37. The van der Waals surface area contributed by atoms with Crippen LogP contribution in [-0.2, 0) is 49.6 Å². The number of nitrogens with two attached hydrogens (primary N) is 1. The summed E-state index contributed by atoms with van der Waals surface area (Å²) in [6.45, 7) is 0.391. The van der Waals surface area contributed by atoms with Gasteiger partial charge in [0.15, 0.2) is 0 Å². The Hall–Kier alpha value is -4.55. The Morgan fingerprint density at radius 2 is 1.54 bits per heavy atom. The summed E-state index contributed by atoms with van der Waals surface area (Å²) in [5.41, 5.74) is 9.00. The summed E-state index contributed by atoms with van der Waals surface area (Å²) >= 11 is 0. The van der Waals surface area contributed by atoms with Crippen molar-refractivity contribution in [2.75, 3.05) is 6.54 Å². The Labute approximate surface area is 278 Å². The molecule has 3 aromatic rings. The standard InChI is InChI=1S/C34H41N4O9P/c35-19-7-13-28(36-31(39)14-6-10-23-8-2-1-3-9-23)33(41)38-22-26-12-5-4-11-25(26)21-30(38)32(40)37-29(34(42)43)20-24-15-17-27(18-16-24)47-48(44,45)46/h1-5,8-9,11-12,15-18,28-30H,6-7,10,13-14,19-22,35H2,(H,36,39)(H,37,40)(H,42,43)(H2,44,45,46)/t28-,29-,30-/m0/s1. The molecule has 0 radical (unpaired) electrons.